The van der Waals surface area contributed by atoms with Crippen LogP contribution in [0.2, 0.25) is 0 Å². The third-order valence-corrected chi connectivity index (χ3v) is 3.21. The van der Waals surface area contributed by atoms with Gasteiger partial charge in [-0.1, -0.05) is 6.07 Å². The highest BCUT2D eigenvalue weighted by molar-refractivity contribution is 6.03. The zero-order valence-corrected chi connectivity index (χ0v) is 11.6. The first-order valence-corrected chi connectivity index (χ1v) is 6.32. The van der Waals surface area contributed by atoms with Crippen LogP contribution in [0.25, 0.3) is 11.1 Å². The first-order valence-electron chi connectivity index (χ1n) is 6.32. The van der Waals surface area contributed by atoms with Crippen molar-refractivity contribution in [2.45, 2.75) is 6.18 Å². The van der Waals surface area contributed by atoms with Gasteiger partial charge in [0.2, 0.25) is 11.8 Å². The van der Waals surface area contributed by atoms with Crippen LogP contribution in [0.5, 0.6) is 0 Å². The zero-order valence-electron chi connectivity index (χ0n) is 11.6. The Morgan fingerprint density at radius 3 is 2.04 bits per heavy atom. The number of amides is 2. The summed E-state index contributed by atoms with van der Waals surface area (Å²) >= 11 is 0. The predicted octanol–water partition coefficient (Wildman–Crippen LogP) is 2.15. The minimum Gasteiger partial charge on any atom is -0.399 e. The highest BCUT2D eigenvalue weighted by Gasteiger charge is 2.34. The van der Waals surface area contributed by atoms with Gasteiger partial charge in [-0.15, -0.1) is 0 Å². The molecule has 0 aliphatic carbocycles. The van der Waals surface area contributed by atoms with Crippen molar-refractivity contribution >= 4 is 17.5 Å². The maximum Gasteiger partial charge on any atom is 0.417 e. The van der Waals surface area contributed by atoms with Gasteiger partial charge >= 0.3 is 6.18 Å². The average Bonchev–Trinajstić information content (AvgIpc) is 2.45. The molecule has 0 radical (unpaired) electrons. The Hall–Kier alpha value is -3.03. The Balaban J connectivity index is 2.82. The van der Waals surface area contributed by atoms with E-state index in [2.05, 4.69) is 0 Å². The lowest BCUT2D eigenvalue weighted by Crippen LogP contribution is -2.16. The summed E-state index contributed by atoms with van der Waals surface area (Å²) in [5.74, 6) is -1.77. The largest absolute Gasteiger partial charge is 0.417 e. The van der Waals surface area contributed by atoms with E-state index < -0.39 is 23.6 Å². The van der Waals surface area contributed by atoms with Crippen LogP contribution in [0.15, 0.2) is 36.4 Å². The topological polar surface area (TPSA) is 112 Å². The number of alkyl halides is 3. The van der Waals surface area contributed by atoms with Gasteiger partial charge in [-0.05, 0) is 41.5 Å². The molecule has 0 fully saturated rings. The van der Waals surface area contributed by atoms with Crippen molar-refractivity contribution in [1.82, 2.24) is 0 Å². The smallest absolute Gasteiger partial charge is 0.399 e. The van der Waals surface area contributed by atoms with Gasteiger partial charge in [0.25, 0.3) is 0 Å². The van der Waals surface area contributed by atoms with E-state index in [0.717, 1.165) is 24.3 Å². The molecule has 2 aromatic carbocycles. The number of anilines is 1. The van der Waals surface area contributed by atoms with Crippen LogP contribution in [0.3, 0.4) is 0 Å². The van der Waals surface area contributed by atoms with Crippen LogP contribution in [0.1, 0.15) is 26.3 Å². The molecule has 0 aliphatic rings. The van der Waals surface area contributed by atoms with E-state index in [4.69, 9.17) is 17.2 Å². The van der Waals surface area contributed by atoms with Gasteiger partial charge in [-0.25, -0.2) is 0 Å². The molecule has 0 heterocycles. The van der Waals surface area contributed by atoms with Gasteiger partial charge in [0, 0.05) is 16.8 Å². The first kappa shape index (κ1) is 16.3. The predicted molar refractivity (Wildman–Crippen MR) is 78.3 cm³/mol. The molecule has 0 aliphatic heterocycles. The molecular weight excluding hydrogens is 311 g/mol. The lowest BCUT2D eigenvalue weighted by atomic mass is 9.92. The molecule has 0 bridgehead atoms. The molecule has 2 rings (SSSR count). The normalized spacial score (nSPS) is 11.3. The summed E-state index contributed by atoms with van der Waals surface area (Å²) in [6.45, 7) is 0. The Morgan fingerprint density at radius 1 is 0.870 bits per heavy atom. The molecule has 8 heteroatoms. The fraction of sp³-hybridized carbons (Fsp3) is 0.0667. The Bertz CT molecular complexity index is 801. The second-order valence-corrected chi connectivity index (χ2v) is 4.79. The molecule has 0 aromatic heterocycles. The van der Waals surface area contributed by atoms with Crippen molar-refractivity contribution in [3.05, 3.63) is 53.1 Å². The van der Waals surface area contributed by atoms with E-state index in [9.17, 15) is 22.8 Å². The molecule has 6 N–H and O–H groups in total. The maximum atomic E-state index is 13.2. The SMILES string of the molecule is NC(=O)c1ccc(C(N)=O)c(-c2ccc(N)cc2C(F)(F)F)c1. The standard InChI is InChI=1S/C15H12F3N3O2/c16-15(17,18)12-6-8(19)2-4-9(12)11-5-7(13(20)22)1-3-10(11)14(21)23/h1-6H,19H2,(H2,20,22)(H2,21,23). The average molecular weight is 323 g/mol. The van der Waals surface area contributed by atoms with Crippen LogP contribution >= 0.6 is 0 Å². The fourth-order valence-corrected chi connectivity index (χ4v) is 2.17. The number of benzene rings is 2. The van der Waals surface area contributed by atoms with Gasteiger partial charge in [-0.3, -0.25) is 9.59 Å². The van der Waals surface area contributed by atoms with Crippen molar-refractivity contribution in [3.8, 4) is 11.1 Å². The third-order valence-electron chi connectivity index (χ3n) is 3.21. The van der Waals surface area contributed by atoms with Crippen molar-refractivity contribution in [1.29, 1.82) is 0 Å². The lowest BCUT2D eigenvalue weighted by Gasteiger charge is -2.16. The molecule has 5 nitrogen and oxygen atoms in total. The molecule has 23 heavy (non-hydrogen) atoms. The highest BCUT2D eigenvalue weighted by atomic mass is 19.4. The number of hydrogen-bond donors (Lipinski definition) is 3. The summed E-state index contributed by atoms with van der Waals surface area (Å²) in [5, 5.41) is 0. The van der Waals surface area contributed by atoms with Crippen LogP contribution in [-0.4, -0.2) is 11.8 Å². The van der Waals surface area contributed by atoms with Crippen molar-refractivity contribution in [2.24, 2.45) is 11.5 Å². The number of hydrogen-bond acceptors (Lipinski definition) is 3. The van der Waals surface area contributed by atoms with Gasteiger partial charge in [0.1, 0.15) is 0 Å². The number of carbonyl (C=O) groups excluding carboxylic acids is 2. The summed E-state index contributed by atoms with van der Waals surface area (Å²) in [6, 6.07) is 6.60. The molecule has 2 amide bonds. The molecule has 0 spiro atoms. The quantitative estimate of drug-likeness (QED) is 0.752. The molecule has 0 saturated heterocycles. The van der Waals surface area contributed by atoms with Crippen LogP contribution in [0, 0.1) is 0 Å². The third kappa shape index (κ3) is 3.25. The number of halogens is 3. The summed E-state index contributed by atoms with van der Waals surface area (Å²) in [4.78, 5) is 22.8. The Morgan fingerprint density at radius 2 is 1.52 bits per heavy atom. The van der Waals surface area contributed by atoms with Gasteiger partial charge < -0.3 is 17.2 Å². The Labute approximate surface area is 128 Å². The van der Waals surface area contributed by atoms with E-state index >= 15 is 0 Å². The van der Waals surface area contributed by atoms with Gasteiger partial charge in [-0.2, -0.15) is 13.2 Å². The summed E-state index contributed by atoms with van der Waals surface area (Å²) < 4.78 is 39.7. The van der Waals surface area contributed by atoms with Crippen molar-refractivity contribution in [2.75, 3.05) is 5.73 Å². The number of carbonyl (C=O) groups is 2. The number of rotatable bonds is 3. The molecular formula is C15H12F3N3O2. The van der Waals surface area contributed by atoms with Crippen LogP contribution in [-0.2, 0) is 6.18 Å². The molecule has 0 unspecified atom stereocenters. The summed E-state index contributed by atoms with van der Waals surface area (Å²) in [5.41, 5.74) is 14.0. The molecule has 120 valence electrons. The second kappa shape index (κ2) is 5.64. The fourth-order valence-electron chi connectivity index (χ4n) is 2.17. The number of nitrogen functional groups attached to an aromatic ring is 1. The van der Waals surface area contributed by atoms with Crippen LogP contribution < -0.4 is 17.2 Å². The van der Waals surface area contributed by atoms with Crippen molar-refractivity contribution < 1.29 is 22.8 Å². The monoisotopic (exact) mass is 323 g/mol. The van der Waals surface area contributed by atoms with Gasteiger partial charge in [0.05, 0.1) is 5.56 Å². The molecule has 0 saturated carbocycles. The lowest BCUT2D eigenvalue weighted by molar-refractivity contribution is -0.137. The highest BCUT2D eigenvalue weighted by Crippen LogP contribution is 2.39. The maximum absolute atomic E-state index is 13.2. The van der Waals surface area contributed by atoms with Gasteiger partial charge in [0.15, 0.2) is 0 Å². The van der Waals surface area contributed by atoms with E-state index in [1.165, 1.54) is 12.1 Å². The van der Waals surface area contributed by atoms with Crippen LogP contribution in [0.4, 0.5) is 18.9 Å². The minimum atomic E-state index is -4.71. The van der Waals surface area contributed by atoms with E-state index in [1.54, 1.807) is 0 Å². The van der Waals surface area contributed by atoms with E-state index in [1.807, 2.05) is 0 Å². The number of nitrogens with two attached hydrogens (primary N) is 3. The zero-order chi connectivity index (χ0) is 17.4. The second-order valence-electron chi connectivity index (χ2n) is 4.79. The summed E-state index contributed by atoms with van der Waals surface area (Å²) in [7, 11) is 0. The summed E-state index contributed by atoms with van der Waals surface area (Å²) in [6.07, 6.45) is -4.71. The first-order chi connectivity index (χ1) is 10.6. The minimum absolute atomic E-state index is 0.0463. The molecule has 0 atom stereocenters. The van der Waals surface area contributed by atoms with Crippen molar-refractivity contribution in [3.63, 3.8) is 0 Å². The van der Waals surface area contributed by atoms with E-state index in [-0.39, 0.29) is 27.9 Å². The number of primary amides is 2. The Kier molecular flexibility index (Phi) is 4.00. The molecule has 2 aromatic rings. The van der Waals surface area contributed by atoms with E-state index in [0.29, 0.717) is 0 Å².